The highest BCUT2D eigenvalue weighted by Gasteiger charge is 2.06. The first-order chi connectivity index (χ1) is 10.1. The fourth-order valence-corrected chi connectivity index (χ4v) is 2.61. The van der Waals surface area contributed by atoms with E-state index in [0.717, 1.165) is 21.7 Å². The van der Waals surface area contributed by atoms with E-state index in [0.29, 0.717) is 5.75 Å². The van der Waals surface area contributed by atoms with Gasteiger partial charge >= 0.3 is 0 Å². The van der Waals surface area contributed by atoms with Gasteiger partial charge in [-0.3, -0.25) is 4.79 Å². The number of amides is 1. The summed E-state index contributed by atoms with van der Waals surface area (Å²) in [6.45, 7) is 4.08. The lowest BCUT2D eigenvalue weighted by Crippen LogP contribution is -2.15. The molecule has 0 fully saturated rings. The minimum Gasteiger partial charge on any atom is -0.392 e. The van der Waals surface area contributed by atoms with Crippen LogP contribution in [-0.4, -0.2) is 16.8 Å². The second kappa shape index (κ2) is 7.29. The molecule has 0 aromatic heterocycles. The monoisotopic (exact) mass is 301 g/mol. The molecular weight excluding hydrogens is 282 g/mol. The minimum atomic E-state index is -0.0139. The lowest BCUT2D eigenvalue weighted by molar-refractivity contribution is -0.113. The van der Waals surface area contributed by atoms with Crippen molar-refractivity contribution in [2.24, 2.45) is 0 Å². The molecule has 0 heterocycles. The van der Waals surface area contributed by atoms with Crippen molar-refractivity contribution in [2.45, 2.75) is 25.3 Å². The molecule has 0 spiro atoms. The van der Waals surface area contributed by atoms with Crippen molar-refractivity contribution in [3.8, 4) is 0 Å². The molecule has 3 nitrogen and oxygen atoms in total. The summed E-state index contributed by atoms with van der Waals surface area (Å²) in [5.74, 6) is 0.353. The number of carbonyl (C=O) groups is 1. The number of aryl methyl sites for hydroxylation is 1. The maximum atomic E-state index is 12.0. The smallest absolute Gasteiger partial charge is 0.234 e. The van der Waals surface area contributed by atoms with E-state index in [2.05, 4.69) is 5.32 Å². The molecule has 4 heteroatoms. The Hall–Kier alpha value is -1.78. The van der Waals surface area contributed by atoms with E-state index < -0.39 is 0 Å². The largest absolute Gasteiger partial charge is 0.392 e. The van der Waals surface area contributed by atoms with Gasteiger partial charge in [-0.05, 0) is 48.7 Å². The first-order valence-corrected chi connectivity index (χ1v) is 7.77. The Balaban J connectivity index is 1.91. The molecular formula is C17H19NO2S. The summed E-state index contributed by atoms with van der Waals surface area (Å²) in [7, 11) is 0. The average molecular weight is 301 g/mol. The molecule has 21 heavy (non-hydrogen) atoms. The van der Waals surface area contributed by atoms with Crippen molar-refractivity contribution in [3.63, 3.8) is 0 Å². The molecule has 0 aliphatic heterocycles. The molecule has 110 valence electrons. The number of nitrogens with one attached hydrogen (secondary N) is 1. The van der Waals surface area contributed by atoms with Crippen molar-refractivity contribution < 1.29 is 9.90 Å². The molecule has 2 aromatic rings. The maximum absolute atomic E-state index is 12.0. The Morgan fingerprint density at radius 2 is 1.86 bits per heavy atom. The van der Waals surface area contributed by atoms with Crippen LogP contribution in [0.5, 0.6) is 0 Å². The number of aliphatic hydroxyl groups excluding tert-OH is 1. The number of aliphatic hydroxyl groups is 1. The van der Waals surface area contributed by atoms with Crippen molar-refractivity contribution in [1.29, 1.82) is 0 Å². The summed E-state index contributed by atoms with van der Waals surface area (Å²) >= 11 is 1.48. The van der Waals surface area contributed by atoms with Gasteiger partial charge in [0, 0.05) is 10.6 Å². The van der Waals surface area contributed by atoms with Crippen molar-refractivity contribution in [2.75, 3.05) is 11.1 Å². The van der Waals surface area contributed by atoms with Crippen LogP contribution in [0.2, 0.25) is 0 Å². The van der Waals surface area contributed by atoms with E-state index >= 15 is 0 Å². The predicted molar refractivity (Wildman–Crippen MR) is 87.6 cm³/mol. The van der Waals surface area contributed by atoms with Crippen LogP contribution in [0.15, 0.2) is 47.4 Å². The molecule has 2 aromatic carbocycles. The molecule has 0 saturated heterocycles. The van der Waals surface area contributed by atoms with Crippen molar-refractivity contribution in [1.82, 2.24) is 0 Å². The highest BCUT2D eigenvalue weighted by molar-refractivity contribution is 8.00. The first-order valence-electron chi connectivity index (χ1n) is 6.79. The van der Waals surface area contributed by atoms with Crippen LogP contribution in [-0.2, 0) is 11.4 Å². The topological polar surface area (TPSA) is 49.3 Å². The Morgan fingerprint density at radius 1 is 1.14 bits per heavy atom. The molecule has 1 amide bonds. The van der Waals surface area contributed by atoms with Crippen LogP contribution in [0, 0.1) is 13.8 Å². The molecule has 2 rings (SSSR count). The minimum absolute atomic E-state index is 0.0139. The number of benzene rings is 2. The average Bonchev–Trinajstić information content (AvgIpc) is 2.50. The molecule has 0 aliphatic carbocycles. The van der Waals surface area contributed by atoms with Gasteiger partial charge in [0.05, 0.1) is 12.4 Å². The molecule has 0 aliphatic rings. The lowest BCUT2D eigenvalue weighted by atomic mass is 10.1. The van der Waals surface area contributed by atoms with E-state index in [1.54, 1.807) is 0 Å². The summed E-state index contributed by atoms with van der Waals surface area (Å²) in [5, 5.41) is 11.9. The number of rotatable bonds is 5. The van der Waals surface area contributed by atoms with Crippen LogP contribution in [0.1, 0.15) is 16.7 Å². The van der Waals surface area contributed by atoms with Crippen LogP contribution >= 0.6 is 11.8 Å². The van der Waals surface area contributed by atoms with E-state index in [-0.39, 0.29) is 12.5 Å². The zero-order valence-electron chi connectivity index (χ0n) is 12.2. The van der Waals surface area contributed by atoms with Crippen molar-refractivity contribution in [3.05, 3.63) is 59.2 Å². The van der Waals surface area contributed by atoms with Gasteiger partial charge in [0.15, 0.2) is 0 Å². The highest BCUT2D eigenvalue weighted by Crippen LogP contribution is 2.21. The molecule has 0 atom stereocenters. The van der Waals surface area contributed by atoms with Gasteiger partial charge in [-0.2, -0.15) is 0 Å². The number of hydrogen-bond donors (Lipinski definition) is 2. The van der Waals surface area contributed by atoms with Gasteiger partial charge in [0.1, 0.15) is 0 Å². The fraction of sp³-hybridized carbons (Fsp3) is 0.235. The van der Waals surface area contributed by atoms with Gasteiger partial charge in [-0.1, -0.05) is 24.3 Å². The van der Waals surface area contributed by atoms with E-state index in [4.69, 9.17) is 5.11 Å². The molecule has 0 saturated carbocycles. The maximum Gasteiger partial charge on any atom is 0.234 e. The molecule has 0 radical (unpaired) electrons. The molecule has 2 N–H and O–H groups in total. The number of carbonyl (C=O) groups excluding carboxylic acids is 1. The van der Waals surface area contributed by atoms with Gasteiger partial charge in [-0.15, -0.1) is 11.8 Å². The Labute approximate surface area is 129 Å². The third-order valence-corrected chi connectivity index (χ3v) is 4.37. The molecule has 0 unspecified atom stereocenters. The zero-order chi connectivity index (χ0) is 15.2. The lowest BCUT2D eigenvalue weighted by Gasteiger charge is -2.10. The van der Waals surface area contributed by atoms with E-state index in [1.807, 2.05) is 56.3 Å². The van der Waals surface area contributed by atoms with Crippen LogP contribution in [0.25, 0.3) is 0 Å². The number of thioether (sulfide) groups is 1. The second-order valence-corrected chi connectivity index (χ2v) is 5.94. The Kier molecular flexibility index (Phi) is 5.42. The first kappa shape index (κ1) is 15.6. The summed E-state index contributed by atoms with van der Waals surface area (Å²) < 4.78 is 0. The SMILES string of the molecule is Cc1cccc(NC(=O)CSc2ccc(CO)cc2)c1C. The number of anilines is 1. The van der Waals surface area contributed by atoms with E-state index in [9.17, 15) is 4.79 Å². The van der Waals surface area contributed by atoms with Gasteiger partial charge in [0.25, 0.3) is 0 Å². The van der Waals surface area contributed by atoms with Crippen LogP contribution in [0.3, 0.4) is 0 Å². The summed E-state index contributed by atoms with van der Waals surface area (Å²) in [5.41, 5.74) is 4.01. The van der Waals surface area contributed by atoms with Crippen LogP contribution in [0.4, 0.5) is 5.69 Å². The Morgan fingerprint density at radius 3 is 2.52 bits per heavy atom. The fourth-order valence-electron chi connectivity index (χ4n) is 1.91. The van der Waals surface area contributed by atoms with Gasteiger partial charge < -0.3 is 10.4 Å². The van der Waals surface area contributed by atoms with Gasteiger partial charge in [0.2, 0.25) is 5.91 Å². The third-order valence-electron chi connectivity index (χ3n) is 3.35. The predicted octanol–water partition coefficient (Wildman–Crippen LogP) is 3.53. The summed E-state index contributed by atoms with van der Waals surface area (Å²) in [6.07, 6.45) is 0. The summed E-state index contributed by atoms with van der Waals surface area (Å²) in [4.78, 5) is 13.0. The highest BCUT2D eigenvalue weighted by atomic mass is 32.2. The second-order valence-electron chi connectivity index (χ2n) is 4.89. The summed E-state index contributed by atoms with van der Waals surface area (Å²) in [6, 6.07) is 13.5. The standard InChI is InChI=1S/C17H19NO2S/c1-12-4-3-5-16(13(12)2)18-17(20)11-21-15-8-6-14(10-19)7-9-15/h3-9,19H,10-11H2,1-2H3,(H,18,20). The normalized spacial score (nSPS) is 10.4. The van der Waals surface area contributed by atoms with Crippen molar-refractivity contribution >= 4 is 23.4 Å². The zero-order valence-corrected chi connectivity index (χ0v) is 13.0. The van der Waals surface area contributed by atoms with Crippen LogP contribution < -0.4 is 5.32 Å². The van der Waals surface area contributed by atoms with Gasteiger partial charge in [-0.25, -0.2) is 0 Å². The number of hydrogen-bond acceptors (Lipinski definition) is 3. The third kappa shape index (κ3) is 4.34. The Bertz CT molecular complexity index is 623. The molecule has 0 bridgehead atoms. The van der Waals surface area contributed by atoms with E-state index in [1.165, 1.54) is 17.3 Å². The quantitative estimate of drug-likeness (QED) is 0.831.